The first kappa shape index (κ1) is 40.5. The average Bonchev–Trinajstić information content (AvgIpc) is 3.44. The molecule has 1 saturated carbocycles. The fourth-order valence-electron chi connectivity index (χ4n) is 6.77. The Labute approximate surface area is 297 Å². The Hall–Kier alpha value is -3.96. The summed E-state index contributed by atoms with van der Waals surface area (Å²) in [6, 6.07) is 4.42. The Balaban J connectivity index is 1.84. The molecule has 0 bridgehead atoms. The molecule has 12 heteroatoms. The van der Waals surface area contributed by atoms with Crippen LogP contribution in [-0.4, -0.2) is 71.1 Å². The summed E-state index contributed by atoms with van der Waals surface area (Å²) in [7, 11) is 0. The molecule has 2 aliphatic rings. The number of Topliss-reactive ketones (excluding diaryl/α,β-unsaturated/α-hetero) is 1. The van der Waals surface area contributed by atoms with Crippen molar-refractivity contribution in [2.24, 2.45) is 33.8 Å². The summed E-state index contributed by atoms with van der Waals surface area (Å²) in [6.07, 6.45) is 3.95. The van der Waals surface area contributed by atoms with E-state index in [4.69, 9.17) is 10.5 Å². The lowest BCUT2D eigenvalue weighted by Crippen LogP contribution is -2.62. The molecule has 50 heavy (non-hydrogen) atoms. The van der Waals surface area contributed by atoms with Crippen LogP contribution in [0.4, 0.5) is 4.79 Å². The third-order valence-electron chi connectivity index (χ3n) is 9.75. The lowest BCUT2D eigenvalue weighted by atomic mass is 9.75. The van der Waals surface area contributed by atoms with Gasteiger partial charge >= 0.3 is 12.0 Å². The van der Waals surface area contributed by atoms with Gasteiger partial charge in [0, 0.05) is 6.54 Å². The van der Waals surface area contributed by atoms with E-state index in [1.54, 1.807) is 0 Å². The fourth-order valence-corrected chi connectivity index (χ4v) is 6.77. The van der Waals surface area contributed by atoms with Gasteiger partial charge in [-0.25, -0.2) is 9.59 Å². The van der Waals surface area contributed by atoms with Crippen LogP contribution >= 0.6 is 0 Å². The van der Waals surface area contributed by atoms with Gasteiger partial charge in [-0.15, -0.1) is 0 Å². The smallest absolute Gasteiger partial charge is 0.329 e. The van der Waals surface area contributed by atoms with Gasteiger partial charge < -0.3 is 31.3 Å². The second-order valence-electron chi connectivity index (χ2n) is 17.4. The normalized spacial score (nSPS) is 20.1. The summed E-state index contributed by atoms with van der Waals surface area (Å²) < 4.78 is 5.57. The average molecular weight is 698 g/mol. The van der Waals surface area contributed by atoms with Gasteiger partial charge in [0.2, 0.25) is 17.6 Å². The quantitative estimate of drug-likeness (QED) is 0.176. The number of rotatable bonds is 13. The van der Waals surface area contributed by atoms with Crippen molar-refractivity contribution >= 4 is 35.5 Å². The fraction of sp³-hybridized carbons (Fsp3) is 0.684. The molecule has 278 valence electrons. The number of urea groups is 1. The zero-order valence-electron chi connectivity index (χ0n) is 31.4. The van der Waals surface area contributed by atoms with Gasteiger partial charge in [0.25, 0.3) is 5.91 Å². The molecule has 1 unspecified atom stereocenters. The lowest BCUT2D eigenvalue weighted by Gasteiger charge is -2.39. The Morgan fingerprint density at radius 1 is 0.860 bits per heavy atom. The van der Waals surface area contributed by atoms with Crippen LogP contribution in [0.2, 0.25) is 0 Å². The first-order chi connectivity index (χ1) is 23.1. The minimum absolute atomic E-state index is 0.0482. The molecule has 1 heterocycles. The third kappa shape index (κ3) is 11.3. The molecule has 5 atom stereocenters. The second-order valence-corrected chi connectivity index (χ2v) is 17.4. The van der Waals surface area contributed by atoms with Crippen LogP contribution in [0.5, 0.6) is 0 Å². The van der Waals surface area contributed by atoms with Crippen LogP contribution in [0.3, 0.4) is 0 Å². The molecule has 12 nitrogen and oxygen atoms in total. The number of nitrogens with one attached hydrogen (secondary N) is 3. The van der Waals surface area contributed by atoms with Gasteiger partial charge in [-0.3, -0.25) is 19.2 Å². The van der Waals surface area contributed by atoms with E-state index in [1.807, 2.05) is 92.6 Å². The number of primary amides is 1. The summed E-state index contributed by atoms with van der Waals surface area (Å²) in [4.78, 5) is 81.6. The molecule has 3 rings (SSSR count). The van der Waals surface area contributed by atoms with E-state index < -0.39 is 70.5 Å². The Bertz CT molecular complexity index is 1390. The number of esters is 1. The number of carbonyl (C=O) groups is 6. The molecule has 0 radical (unpaired) electrons. The molecule has 1 aliphatic carbocycles. The largest absolute Gasteiger partial charge is 0.459 e. The van der Waals surface area contributed by atoms with Crippen molar-refractivity contribution in [3.05, 3.63) is 35.9 Å². The number of nitrogens with zero attached hydrogens (tertiary/aromatic N) is 1. The van der Waals surface area contributed by atoms with Gasteiger partial charge in [0.15, 0.2) is 0 Å². The zero-order chi connectivity index (χ0) is 37.6. The van der Waals surface area contributed by atoms with Crippen LogP contribution in [-0.2, 0) is 35.3 Å². The van der Waals surface area contributed by atoms with Crippen LogP contribution < -0.4 is 21.7 Å². The number of carbonyl (C=O) groups excluding carboxylic acids is 6. The first-order valence-electron chi connectivity index (χ1n) is 17.8. The molecular weight excluding hydrogens is 638 g/mol. The monoisotopic (exact) mass is 697 g/mol. The SMILES string of the molecule is CC(C)(C)C[C@H](NC(=O)N[C@H](C(=O)N1CC[C@H](C(C)(C)C)[C@H]1C(=O)NC(CC1CCC1)C(=O)C(N)=O)C(C)(C)C)C(=O)OCc1ccccc1. The summed E-state index contributed by atoms with van der Waals surface area (Å²) >= 11 is 0. The lowest BCUT2D eigenvalue weighted by molar-refractivity contribution is -0.148. The van der Waals surface area contributed by atoms with Crippen LogP contribution in [0.1, 0.15) is 106 Å². The molecule has 0 aromatic heterocycles. The van der Waals surface area contributed by atoms with Gasteiger partial charge in [-0.1, -0.05) is 112 Å². The minimum atomic E-state index is -1.11. The standard InChI is InChI=1S/C38H59N5O7/c1-36(2,3)21-27(34(48)50-22-24-14-11-10-12-15-24)41-35(49)42-30(38(7,8)9)33(47)43-19-18-25(37(4,5)6)28(43)32(46)40-26(29(44)31(39)45)20-23-16-13-17-23/h10-12,14-15,23,25-28,30H,13,16-22H2,1-9H3,(H2,39,45)(H,40,46)(H2,41,42,49)/t25-,26?,27-,28-,30+/m0/s1. The van der Waals surface area contributed by atoms with E-state index in [0.717, 1.165) is 24.8 Å². The minimum Gasteiger partial charge on any atom is -0.459 e. The number of ketones is 1. The molecule has 0 spiro atoms. The number of ether oxygens (including phenoxy) is 1. The number of hydrogen-bond donors (Lipinski definition) is 4. The number of hydrogen-bond acceptors (Lipinski definition) is 7. The van der Waals surface area contributed by atoms with Crippen molar-refractivity contribution in [2.45, 2.75) is 132 Å². The summed E-state index contributed by atoms with van der Waals surface area (Å²) in [6.45, 7) is 17.5. The second kappa shape index (κ2) is 16.4. The highest BCUT2D eigenvalue weighted by Gasteiger charge is 2.50. The number of benzene rings is 1. The third-order valence-corrected chi connectivity index (χ3v) is 9.75. The van der Waals surface area contributed by atoms with Crippen LogP contribution in [0.15, 0.2) is 30.3 Å². The summed E-state index contributed by atoms with van der Waals surface area (Å²) in [5, 5.41) is 8.35. The molecule has 1 aromatic rings. The van der Waals surface area contributed by atoms with E-state index in [2.05, 4.69) is 16.0 Å². The maximum absolute atomic E-state index is 14.5. The summed E-state index contributed by atoms with van der Waals surface area (Å²) in [5.74, 6) is -3.62. The van der Waals surface area contributed by atoms with E-state index in [1.165, 1.54) is 4.90 Å². The van der Waals surface area contributed by atoms with E-state index in [-0.39, 0.29) is 36.8 Å². The van der Waals surface area contributed by atoms with Crippen molar-refractivity contribution < 1.29 is 33.5 Å². The van der Waals surface area contributed by atoms with Gasteiger partial charge in [0.1, 0.15) is 24.7 Å². The molecule has 1 aromatic carbocycles. The van der Waals surface area contributed by atoms with Crippen molar-refractivity contribution in [1.29, 1.82) is 0 Å². The van der Waals surface area contributed by atoms with Crippen molar-refractivity contribution in [2.75, 3.05) is 6.54 Å². The zero-order valence-corrected chi connectivity index (χ0v) is 31.4. The van der Waals surface area contributed by atoms with Crippen molar-refractivity contribution in [3.8, 4) is 0 Å². The van der Waals surface area contributed by atoms with E-state index in [0.29, 0.717) is 12.8 Å². The van der Waals surface area contributed by atoms with Gasteiger partial charge in [-0.05, 0) is 52.9 Å². The highest BCUT2D eigenvalue weighted by Crippen LogP contribution is 2.40. The highest BCUT2D eigenvalue weighted by molar-refractivity contribution is 6.37. The van der Waals surface area contributed by atoms with Crippen LogP contribution in [0, 0.1) is 28.1 Å². The molecular formula is C38H59N5O7. The maximum atomic E-state index is 14.5. The number of likely N-dealkylation sites (tertiary alicyclic amines) is 1. The molecule has 5 N–H and O–H groups in total. The first-order valence-corrected chi connectivity index (χ1v) is 17.8. The van der Waals surface area contributed by atoms with Gasteiger partial charge in [-0.2, -0.15) is 0 Å². The maximum Gasteiger partial charge on any atom is 0.329 e. The predicted molar refractivity (Wildman–Crippen MR) is 190 cm³/mol. The molecule has 1 saturated heterocycles. The number of nitrogens with two attached hydrogens (primary N) is 1. The molecule has 5 amide bonds. The number of amides is 5. The highest BCUT2D eigenvalue weighted by atomic mass is 16.5. The Morgan fingerprint density at radius 2 is 1.48 bits per heavy atom. The van der Waals surface area contributed by atoms with Crippen LogP contribution in [0.25, 0.3) is 0 Å². The van der Waals surface area contributed by atoms with E-state index in [9.17, 15) is 28.8 Å². The van der Waals surface area contributed by atoms with E-state index >= 15 is 0 Å². The summed E-state index contributed by atoms with van der Waals surface area (Å²) in [5.41, 5.74) is 4.64. The topological polar surface area (TPSA) is 177 Å². The van der Waals surface area contributed by atoms with Crippen molar-refractivity contribution in [1.82, 2.24) is 20.9 Å². The molecule has 2 fully saturated rings. The van der Waals surface area contributed by atoms with Gasteiger partial charge in [0.05, 0.1) is 6.04 Å². The Morgan fingerprint density at radius 3 is 1.98 bits per heavy atom. The Kier molecular flexibility index (Phi) is 13.3. The van der Waals surface area contributed by atoms with Crippen molar-refractivity contribution in [3.63, 3.8) is 0 Å². The predicted octanol–water partition coefficient (Wildman–Crippen LogP) is 4.24. The molecule has 1 aliphatic heterocycles.